The summed E-state index contributed by atoms with van der Waals surface area (Å²) in [4.78, 5) is 12.7. The average molecular weight is 191 g/mol. The third-order valence-electron chi connectivity index (χ3n) is 2.06. The molecule has 2 N–H and O–H groups in total. The molecular weight excluding hydrogens is 180 g/mol. The van der Waals surface area contributed by atoms with Crippen LogP contribution >= 0.6 is 0 Å². The SMILES string of the molecule is Nc1ccc(CN2[CH-]OCC2=O)cc1. The number of carbonyl (C=O) groups is 1. The van der Waals surface area contributed by atoms with Crippen LogP contribution in [-0.4, -0.2) is 17.4 Å². The molecule has 0 saturated carbocycles. The molecule has 1 heterocycles. The van der Waals surface area contributed by atoms with E-state index in [1.807, 2.05) is 24.3 Å². The number of rotatable bonds is 2. The van der Waals surface area contributed by atoms with Gasteiger partial charge in [-0.1, -0.05) is 12.1 Å². The molecule has 2 rings (SSSR count). The van der Waals surface area contributed by atoms with Crippen molar-refractivity contribution in [3.05, 3.63) is 36.6 Å². The molecule has 1 aliphatic heterocycles. The van der Waals surface area contributed by atoms with E-state index in [-0.39, 0.29) is 12.5 Å². The topological polar surface area (TPSA) is 55.6 Å². The summed E-state index contributed by atoms with van der Waals surface area (Å²) in [6.07, 6.45) is 0. The molecule has 74 valence electrons. The van der Waals surface area contributed by atoms with Crippen molar-refractivity contribution < 1.29 is 9.53 Å². The minimum Gasteiger partial charge on any atom is -0.525 e. The van der Waals surface area contributed by atoms with E-state index in [1.54, 1.807) is 4.90 Å². The van der Waals surface area contributed by atoms with E-state index >= 15 is 0 Å². The van der Waals surface area contributed by atoms with Crippen LogP contribution in [0.2, 0.25) is 0 Å². The zero-order chi connectivity index (χ0) is 9.97. The van der Waals surface area contributed by atoms with E-state index < -0.39 is 0 Å². The van der Waals surface area contributed by atoms with Gasteiger partial charge in [0.05, 0.1) is 6.61 Å². The molecule has 1 fully saturated rings. The molecule has 0 unspecified atom stereocenters. The molecule has 0 atom stereocenters. The third kappa shape index (κ3) is 1.85. The lowest BCUT2D eigenvalue weighted by Crippen LogP contribution is -2.22. The van der Waals surface area contributed by atoms with Crippen LogP contribution in [0.5, 0.6) is 0 Å². The molecule has 1 saturated heterocycles. The first kappa shape index (κ1) is 9.02. The Morgan fingerprint density at radius 2 is 2.14 bits per heavy atom. The van der Waals surface area contributed by atoms with Crippen molar-refractivity contribution >= 4 is 11.6 Å². The maximum Gasteiger partial charge on any atom is 0.218 e. The predicted molar refractivity (Wildman–Crippen MR) is 51.7 cm³/mol. The van der Waals surface area contributed by atoms with Crippen molar-refractivity contribution in [2.45, 2.75) is 6.54 Å². The molecule has 0 aliphatic carbocycles. The van der Waals surface area contributed by atoms with E-state index in [1.165, 1.54) is 6.73 Å². The van der Waals surface area contributed by atoms with E-state index in [2.05, 4.69) is 0 Å². The quantitative estimate of drug-likeness (QED) is 0.554. The van der Waals surface area contributed by atoms with Crippen LogP contribution in [0.25, 0.3) is 0 Å². The molecule has 0 spiro atoms. The molecule has 0 bridgehead atoms. The van der Waals surface area contributed by atoms with Crippen molar-refractivity contribution in [3.63, 3.8) is 0 Å². The third-order valence-corrected chi connectivity index (χ3v) is 2.06. The lowest BCUT2D eigenvalue weighted by atomic mass is 10.2. The molecule has 0 aromatic heterocycles. The van der Waals surface area contributed by atoms with Crippen molar-refractivity contribution in [2.75, 3.05) is 12.3 Å². The first-order valence-electron chi connectivity index (χ1n) is 4.34. The number of carbonyl (C=O) groups excluding carboxylic acids is 1. The number of nitrogen functional groups attached to an aromatic ring is 1. The van der Waals surface area contributed by atoms with Gasteiger partial charge < -0.3 is 15.4 Å². The first-order chi connectivity index (χ1) is 6.75. The maximum absolute atomic E-state index is 11.2. The van der Waals surface area contributed by atoms with Crippen LogP contribution in [0.15, 0.2) is 24.3 Å². The highest BCUT2D eigenvalue weighted by atomic mass is 16.5. The Labute approximate surface area is 82.3 Å². The number of hydrogen-bond donors (Lipinski definition) is 1. The number of ether oxygens (including phenoxy) is 1. The Hall–Kier alpha value is -1.55. The fourth-order valence-corrected chi connectivity index (χ4v) is 1.29. The molecular formula is C10H11N2O2-. The summed E-state index contributed by atoms with van der Waals surface area (Å²) in [6.45, 7) is 2.15. The van der Waals surface area contributed by atoms with Gasteiger partial charge in [-0.05, 0) is 17.7 Å². The number of amides is 1. The highest BCUT2D eigenvalue weighted by Crippen LogP contribution is 2.13. The van der Waals surface area contributed by atoms with Gasteiger partial charge in [-0.2, -0.15) is 0 Å². The Kier molecular flexibility index (Phi) is 2.37. The second-order valence-electron chi connectivity index (χ2n) is 3.18. The van der Waals surface area contributed by atoms with Gasteiger partial charge >= 0.3 is 0 Å². The second kappa shape index (κ2) is 3.67. The second-order valence-corrected chi connectivity index (χ2v) is 3.18. The summed E-state index contributed by atoms with van der Waals surface area (Å²) in [5.41, 5.74) is 7.31. The van der Waals surface area contributed by atoms with Crippen molar-refractivity contribution in [3.8, 4) is 0 Å². The van der Waals surface area contributed by atoms with Gasteiger partial charge in [0, 0.05) is 12.2 Å². The fraction of sp³-hybridized carbons (Fsp3) is 0.200. The normalized spacial score (nSPS) is 16.3. The molecule has 1 aromatic rings. The van der Waals surface area contributed by atoms with E-state index in [9.17, 15) is 4.79 Å². The van der Waals surface area contributed by atoms with Gasteiger partial charge in [-0.3, -0.25) is 4.79 Å². The number of nitrogens with zero attached hydrogens (tertiary/aromatic N) is 1. The summed E-state index contributed by atoms with van der Waals surface area (Å²) < 4.78 is 4.89. The van der Waals surface area contributed by atoms with Crippen LogP contribution in [0.1, 0.15) is 5.56 Å². The van der Waals surface area contributed by atoms with E-state index in [0.29, 0.717) is 6.54 Å². The standard InChI is InChI=1S/C10H11N2O2/c11-9-3-1-8(2-4-9)5-12-7-14-6-10(12)13/h1-4,7H,5-6,11H2/q-1. The largest absolute Gasteiger partial charge is 0.525 e. The predicted octanol–water partition coefficient (Wildman–Crippen LogP) is 0.747. The summed E-state index contributed by atoms with van der Waals surface area (Å²) in [5.74, 6) is -0.0122. The number of hydrogen-bond acceptors (Lipinski definition) is 3. The fourth-order valence-electron chi connectivity index (χ4n) is 1.29. The van der Waals surface area contributed by atoms with Crippen molar-refractivity contribution in [2.24, 2.45) is 0 Å². The number of benzene rings is 1. The molecule has 14 heavy (non-hydrogen) atoms. The average Bonchev–Trinajstić information content (AvgIpc) is 2.56. The van der Waals surface area contributed by atoms with Gasteiger partial charge in [0.15, 0.2) is 0 Å². The van der Waals surface area contributed by atoms with E-state index in [0.717, 1.165) is 11.3 Å². The van der Waals surface area contributed by atoms with Crippen LogP contribution < -0.4 is 5.73 Å². The zero-order valence-electron chi connectivity index (χ0n) is 7.64. The molecule has 1 amide bonds. The minimum absolute atomic E-state index is 0.0122. The van der Waals surface area contributed by atoms with Crippen LogP contribution in [-0.2, 0) is 16.1 Å². The highest BCUT2D eigenvalue weighted by Gasteiger charge is 2.11. The summed E-state index contributed by atoms with van der Waals surface area (Å²) >= 11 is 0. The lowest BCUT2D eigenvalue weighted by Gasteiger charge is -2.23. The Morgan fingerprint density at radius 1 is 1.43 bits per heavy atom. The smallest absolute Gasteiger partial charge is 0.218 e. The molecule has 0 radical (unpaired) electrons. The Morgan fingerprint density at radius 3 is 2.71 bits per heavy atom. The van der Waals surface area contributed by atoms with Crippen LogP contribution in [0.3, 0.4) is 0 Å². The maximum atomic E-state index is 11.2. The number of anilines is 1. The molecule has 1 aliphatic rings. The van der Waals surface area contributed by atoms with E-state index in [4.69, 9.17) is 10.5 Å². The van der Waals surface area contributed by atoms with Gasteiger partial charge in [0.2, 0.25) is 5.91 Å². The van der Waals surface area contributed by atoms with Crippen LogP contribution in [0, 0.1) is 6.73 Å². The zero-order valence-corrected chi connectivity index (χ0v) is 7.64. The van der Waals surface area contributed by atoms with Gasteiger partial charge in [0.25, 0.3) is 0 Å². The number of nitrogens with two attached hydrogens (primary N) is 1. The van der Waals surface area contributed by atoms with Crippen molar-refractivity contribution in [1.82, 2.24) is 4.90 Å². The minimum atomic E-state index is -0.0122. The highest BCUT2D eigenvalue weighted by molar-refractivity contribution is 5.79. The van der Waals surface area contributed by atoms with Gasteiger partial charge in [0.1, 0.15) is 0 Å². The Bertz CT molecular complexity index is 334. The first-order valence-corrected chi connectivity index (χ1v) is 4.34. The van der Waals surface area contributed by atoms with Gasteiger partial charge in [-0.15, -0.1) is 6.73 Å². The monoisotopic (exact) mass is 191 g/mol. The summed E-state index contributed by atoms with van der Waals surface area (Å²) in [6, 6.07) is 7.43. The lowest BCUT2D eigenvalue weighted by molar-refractivity contribution is -0.126. The summed E-state index contributed by atoms with van der Waals surface area (Å²) in [7, 11) is 0. The molecule has 1 aromatic carbocycles. The van der Waals surface area contributed by atoms with Crippen molar-refractivity contribution in [1.29, 1.82) is 0 Å². The molecule has 4 nitrogen and oxygen atoms in total. The van der Waals surface area contributed by atoms with Crippen LogP contribution in [0.4, 0.5) is 5.69 Å². The Balaban J connectivity index is 2.03. The van der Waals surface area contributed by atoms with Gasteiger partial charge in [-0.25, -0.2) is 0 Å². The summed E-state index contributed by atoms with van der Waals surface area (Å²) in [5, 5.41) is 0. The molecule has 4 heteroatoms.